The van der Waals surface area contributed by atoms with Gasteiger partial charge in [0.1, 0.15) is 12.4 Å². The van der Waals surface area contributed by atoms with E-state index in [0.717, 1.165) is 18.4 Å². The molecule has 1 aromatic carbocycles. The van der Waals surface area contributed by atoms with Crippen molar-refractivity contribution in [2.45, 2.75) is 38.8 Å². The lowest BCUT2D eigenvalue weighted by Crippen LogP contribution is -2.55. The average molecular weight is 289 g/mol. The van der Waals surface area contributed by atoms with E-state index in [4.69, 9.17) is 4.74 Å². The number of nitrogens with zero attached hydrogens (tertiary/aromatic N) is 1. The molecule has 1 fully saturated rings. The minimum absolute atomic E-state index is 0.0385. The van der Waals surface area contributed by atoms with Crippen LogP contribution in [0.25, 0.3) is 0 Å². The molecule has 114 valence electrons. The van der Waals surface area contributed by atoms with E-state index < -0.39 is 0 Å². The van der Waals surface area contributed by atoms with Crippen molar-refractivity contribution in [3.63, 3.8) is 0 Å². The number of β-lactam (4-membered cyclic amide) rings is 1. The first kappa shape index (κ1) is 15.6. The number of aliphatic hydroxyl groups is 1. The second kappa shape index (κ2) is 7.84. The molecule has 0 bridgehead atoms. The van der Waals surface area contributed by atoms with Gasteiger partial charge < -0.3 is 14.7 Å². The van der Waals surface area contributed by atoms with Crippen molar-refractivity contribution in [3.05, 3.63) is 42.0 Å². The van der Waals surface area contributed by atoms with E-state index in [0.29, 0.717) is 25.3 Å². The minimum Gasteiger partial charge on any atom is -0.491 e. The molecular weight excluding hydrogens is 266 g/mol. The molecule has 1 aromatic rings. The molecule has 1 atom stereocenters. The zero-order valence-electron chi connectivity index (χ0n) is 12.5. The third-order valence-electron chi connectivity index (χ3n) is 3.67. The molecule has 4 nitrogen and oxygen atoms in total. The quantitative estimate of drug-likeness (QED) is 0.591. The van der Waals surface area contributed by atoms with Gasteiger partial charge in [-0.15, -0.1) is 0 Å². The predicted molar refractivity (Wildman–Crippen MR) is 82.0 cm³/mol. The predicted octanol–water partition coefficient (Wildman–Crippen LogP) is 2.51. The zero-order valence-corrected chi connectivity index (χ0v) is 12.5. The first-order chi connectivity index (χ1) is 10.3. The second-order valence-electron chi connectivity index (χ2n) is 5.24. The third-order valence-corrected chi connectivity index (χ3v) is 3.67. The lowest BCUT2D eigenvalue weighted by Gasteiger charge is -2.39. The largest absolute Gasteiger partial charge is 0.491 e. The lowest BCUT2D eigenvalue weighted by atomic mass is 10.0. The van der Waals surface area contributed by atoms with E-state index in [1.165, 1.54) is 0 Å². The van der Waals surface area contributed by atoms with Gasteiger partial charge in [-0.2, -0.15) is 0 Å². The van der Waals surface area contributed by atoms with Crippen molar-refractivity contribution in [2.24, 2.45) is 0 Å². The van der Waals surface area contributed by atoms with E-state index in [-0.39, 0.29) is 18.6 Å². The maximum atomic E-state index is 11.6. The maximum Gasteiger partial charge on any atom is 0.225 e. The van der Waals surface area contributed by atoms with Crippen LogP contribution in [0.4, 0.5) is 0 Å². The Labute approximate surface area is 126 Å². The summed E-state index contributed by atoms with van der Waals surface area (Å²) in [7, 11) is 0. The number of unbranched alkanes of at least 4 members (excludes halogenated alkanes) is 1. The fraction of sp³-hybridized carbons (Fsp3) is 0.471. The number of carbonyl (C=O) groups is 1. The van der Waals surface area contributed by atoms with E-state index in [2.05, 4.69) is 19.1 Å². The van der Waals surface area contributed by atoms with E-state index in [1.807, 2.05) is 29.2 Å². The number of allylic oxidation sites excluding steroid dienone is 1. The number of rotatable bonds is 8. The fourth-order valence-electron chi connectivity index (χ4n) is 2.35. The molecule has 0 aromatic heterocycles. The summed E-state index contributed by atoms with van der Waals surface area (Å²) >= 11 is 0. The molecule has 1 amide bonds. The van der Waals surface area contributed by atoms with Gasteiger partial charge in [0.2, 0.25) is 5.91 Å². The first-order valence-corrected chi connectivity index (χ1v) is 7.52. The molecule has 0 spiro atoms. The van der Waals surface area contributed by atoms with Crippen LogP contribution in [-0.4, -0.2) is 35.1 Å². The number of hydrogen-bond donors (Lipinski definition) is 1. The Morgan fingerprint density at radius 1 is 1.38 bits per heavy atom. The SMILES string of the molecule is CCC/C=C\CN1C(=O)C[C@@H]1COc1ccccc1CO. The zero-order chi connectivity index (χ0) is 15.1. The normalized spacial score (nSPS) is 18.1. The summed E-state index contributed by atoms with van der Waals surface area (Å²) in [4.78, 5) is 13.5. The molecule has 4 heteroatoms. The summed E-state index contributed by atoms with van der Waals surface area (Å²) < 4.78 is 5.76. The van der Waals surface area contributed by atoms with Crippen molar-refractivity contribution in [1.29, 1.82) is 0 Å². The van der Waals surface area contributed by atoms with Crippen LogP contribution in [0.5, 0.6) is 5.75 Å². The van der Waals surface area contributed by atoms with Gasteiger partial charge in [0.25, 0.3) is 0 Å². The van der Waals surface area contributed by atoms with E-state index in [9.17, 15) is 9.90 Å². The highest BCUT2D eigenvalue weighted by atomic mass is 16.5. The Kier molecular flexibility index (Phi) is 5.81. The van der Waals surface area contributed by atoms with Crippen LogP contribution in [0.3, 0.4) is 0 Å². The summed E-state index contributed by atoms with van der Waals surface area (Å²) in [5.74, 6) is 0.876. The Bertz CT molecular complexity index is 499. The average Bonchev–Trinajstić information content (AvgIpc) is 2.51. The minimum atomic E-state index is -0.0385. The fourth-order valence-corrected chi connectivity index (χ4v) is 2.35. The van der Waals surface area contributed by atoms with Crippen molar-refractivity contribution < 1.29 is 14.6 Å². The van der Waals surface area contributed by atoms with Gasteiger partial charge in [-0.3, -0.25) is 4.79 Å². The number of para-hydroxylation sites is 1. The molecule has 1 heterocycles. The van der Waals surface area contributed by atoms with Crippen LogP contribution < -0.4 is 4.74 Å². The second-order valence-corrected chi connectivity index (χ2v) is 5.24. The molecule has 21 heavy (non-hydrogen) atoms. The summed E-state index contributed by atoms with van der Waals surface area (Å²) in [5, 5.41) is 9.26. The van der Waals surface area contributed by atoms with Gasteiger partial charge in [0.05, 0.1) is 19.1 Å². The van der Waals surface area contributed by atoms with Gasteiger partial charge >= 0.3 is 0 Å². The standard InChI is InChI=1S/C17H23NO3/c1-2-3-4-7-10-18-15(11-17(18)20)13-21-16-9-6-5-8-14(16)12-19/h4-9,15,19H,2-3,10-13H2,1H3/b7-4-/t15-/m1/s1. The number of ether oxygens (including phenoxy) is 1. The van der Waals surface area contributed by atoms with Gasteiger partial charge in [-0.25, -0.2) is 0 Å². The van der Waals surface area contributed by atoms with Crippen molar-refractivity contribution in [1.82, 2.24) is 4.90 Å². The highest BCUT2D eigenvalue weighted by molar-refractivity contribution is 5.83. The first-order valence-electron chi connectivity index (χ1n) is 7.52. The van der Waals surface area contributed by atoms with Crippen LogP contribution in [0.2, 0.25) is 0 Å². The molecule has 2 rings (SSSR count). The Morgan fingerprint density at radius 3 is 2.90 bits per heavy atom. The van der Waals surface area contributed by atoms with Gasteiger partial charge in [-0.05, 0) is 12.5 Å². The summed E-state index contributed by atoms with van der Waals surface area (Å²) in [6.07, 6.45) is 6.88. The van der Waals surface area contributed by atoms with Crippen LogP contribution >= 0.6 is 0 Å². The van der Waals surface area contributed by atoms with Gasteiger partial charge in [-0.1, -0.05) is 43.7 Å². The number of likely N-dealkylation sites (tertiary alicyclic amines) is 1. The van der Waals surface area contributed by atoms with Crippen LogP contribution in [0.1, 0.15) is 31.7 Å². The summed E-state index contributed by atoms with van der Waals surface area (Å²) in [6.45, 7) is 3.23. The van der Waals surface area contributed by atoms with Gasteiger partial charge in [0.15, 0.2) is 0 Å². The Hall–Kier alpha value is -1.81. The molecule has 0 unspecified atom stereocenters. The number of hydrogen-bond acceptors (Lipinski definition) is 3. The number of aliphatic hydroxyl groups excluding tert-OH is 1. The van der Waals surface area contributed by atoms with Crippen molar-refractivity contribution in [3.8, 4) is 5.75 Å². The highest BCUT2D eigenvalue weighted by Crippen LogP contribution is 2.23. The third kappa shape index (κ3) is 4.08. The van der Waals surface area contributed by atoms with Gasteiger partial charge in [0, 0.05) is 12.1 Å². The highest BCUT2D eigenvalue weighted by Gasteiger charge is 2.35. The molecule has 0 aliphatic carbocycles. The molecule has 1 saturated heterocycles. The summed E-state index contributed by atoms with van der Waals surface area (Å²) in [5.41, 5.74) is 0.776. The topological polar surface area (TPSA) is 49.8 Å². The number of amides is 1. The molecule has 1 aliphatic rings. The lowest BCUT2D eigenvalue weighted by molar-refractivity contribution is -0.146. The summed E-state index contributed by atoms with van der Waals surface area (Å²) in [6, 6.07) is 7.57. The van der Waals surface area contributed by atoms with Crippen LogP contribution in [-0.2, 0) is 11.4 Å². The Balaban J connectivity index is 1.84. The van der Waals surface area contributed by atoms with E-state index >= 15 is 0 Å². The molecule has 0 radical (unpaired) electrons. The molecule has 0 saturated carbocycles. The number of carbonyl (C=O) groups excluding carboxylic acids is 1. The molecule has 1 aliphatic heterocycles. The molecule has 1 N–H and O–H groups in total. The Morgan fingerprint density at radius 2 is 2.19 bits per heavy atom. The smallest absolute Gasteiger partial charge is 0.225 e. The van der Waals surface area contributed by atoms with Crippen LogP contribution in [0, 0.1) is 0 Å². The number of benzene rings is 1. The molecular formula is C17H23NO3. The maximum absolute atomic E-state index is 11.6. The van der Waals surface area contributed by atoms with Crippen molar-refractivity contribution in [2.75, 3.05) is 13.2 Å². The van der Waals surface area contributed by atoms with Crippen LogP contribution in [0.15, 0.2) is 36.4 Å². The monoisotopic (exact) mass is 289 g/mol. The van der Waals surface area contributed by atoms with E-state index in [1.54, 1.807) is 0 Å². The van der Waals surface area contributed by atoms with Crippen molar-refractivity contribution >= 4 is 5.91 Å².